The summed E-state index contributed by atoms with van der Waals surface area (Å²) in [5.41, 5.74) is 9.39. The average molecular weight is 255 g/mol. The van der Waals surface area contributed by atoms with Crippen molar-refractivity contribution in [3.8, 4) is 5.75 Å². The van der Waals surface area contributed by atoms with Crippen molar-refractivity contribution in [2.45, 2.75) is 26.4 Å². The van der Waals surface area contributed by atoms with E-state index in [0.717, 1.165) is 12.2 Å². The molecule has 2 aromatic rings. The second-order valence-electron chi connectivity index (χ2n) is 4.84. The van der Waals surface area contributed by atoms with Crippen LogP contribution in [0.15, 0.2) is 48.5 Å². The molecule has 0 spiro atoms. The Morgan fingerprint density at radius 1 is 1.00 bits per heavy atom. The zero-order valence-electron chi connectivity index (χ0n) is 11.6. The van der Waals surface area contributed by atoms with E-state index >= 15 is 0 Å². The standard InChI is InChI=1S/C17H21NO/c1-13-8-9-16(12-14(13)2)19-17(10-11-18)15-6-4-3-5-7-15/h3-9,12,17H,10-11,18H2,1-2H3. The highest BCUT2D eigenvalue weighted by atomic mass is 16.5. The molecule has 2 N–H and O–H groups in total. The maximum atomic E-state index is 6.10. The van der Waals surface area contributed by atoms with E-state index in [0.29, 0.717) is 6.54 Å². The Morgan fingerprint density at radius 3 is 2.37 bits per heavy atom. The van der Waals surface area contributed by atoms with Gasteiger partial charge in [-0.25, -0.2) is 0 Å². The molecule has 0 aliphatic rings. The van der Waals surface area contributed by atoms with Gasteiger partial charge >= 0.3 is 0 Å². The van der Waals surface area contributed by atoms with Crippen LogP contribution in [-0.4, -0.2) is 6.54 Å². The summed E-state index contributed by atoms with van der Waals surface area (Å²) in [6.07, 6.45) is 0.838. The molecule has 100 valence electrons. The molecule has 0 heterocycles. The van der Waals surface area contributed by atoms with Gasteiger partial charge in [-0.15, -0.1) is 0 Å². The Labute approximate surface area is 115 Å². The van der Waals surface area contributed by atoms with Crippen molar-refractivity contribution in [3.05, 3.63) is 65.2 Å². The lowest BCUT2D eigenvalue weighted by atomic mass is 10.1. The Morgan fingerprint density at radius 2 is 1.74 bits per heavy atom. The molecule has 2 nitrogen and oxygen atoms in total. The number of aryl methyl sites for hydroxylation is 2. The first-order chi connectivity index (χ1) is 9.20. The van der Waals surface area contributed by atoms with Gasteiger partial charge in [0.25, 0.3) is 0 Å². The minimum atomic E-state index is 0.0216. The lowest BCUT2D eigenvalue weighted by Gasteiger charge is -2.19. The highest BCUT2D eigenvalue weighted by molar-refractivity contribution is 5.34. The van der Waals surface area contributed by atoms with Crippen molar-refractivity contribution in [3.63, 3.8) is 0 Å². The van der Waals surface area contributed by atoms with Crippen LogP contribution in [0.2, 0.25) is 0 Å². The van der Waals surface area contributed by atoms with E-state index in [-0.39, 0.29) is 6.10 Å². The maximum absolute atomic E-state index is 6.10. The van der Waals surface area contributed by atoms with Crippen LogP contribution in [0.1, 0.15) is 29.2 Å². The predicted molar refractivity (Wildman–Crippen MR) is 79.4 cm³/mol. The minimum absolute atomic E-state index is 0.0216. The topological polar surface area (TPSA) is 35.2 Å². The molecule has 0 radical (unpaired) electrons. The van der Waals surface area contributed by atoms with Gasteiger partial charge in [-0.2, -0.15) is 0 Å². The molecular formula is C17H21NO. The van der Waals surface area contributed by atoms with Gasteiger partial charge in [-0.1, -0.05) is 36.4 Å². The van der Waals surface area contributed by atoms with Gasteiger partial charge in [0.05, 0.1) is 0 Å². The molecule has 0 aliphatic heterocycles. The second-order valence-corrected chi connectivity index (χ2v) is 4.84. The largest absolute Gasteiger partial charge is 0.486 e. The maximum Gasteiger partial charge on any atom is 0.125 e. The molecule has 0 bridgehead atoms. The van der Waals surface area contributed by atoms with Crippen LogP contribution in [0.4, 0.5) is 0 Å². The zero-order chi connectivity index (χ0) is 13.7. The SMILES string of the molecule is Cc1ccc(OC(CCN)c2ccccc2)cc1C. The van der Waals surface area contributed by atoms with Crippen molar-refractivity contribution in [2.24, 2.45) is 5.73 Å². The van der Waals surface area contributed by atoms with Gasteiger partial charge in [0.15, 0.2) is 0 Å². The van der Waals surface area contributed by atoms with Crippen LogP contribution < -0.4 is 10.5 Å². The van der Waals surface area contributed by atoms with Crippen molar-refractivity contribution < 1.29 is 4.74 Å². The highest BCUT2D eigenvalue weighted by Gasteiger charge is 2.12. The van der Waals surface area contributed by atoms with E-state index in [4.69, 9.17) is 10.5 Å². The molecule has 19 heavy (non-hydrogen) atoms. The van der Waals surface area contributed by atoms with Crippen LogP contribution in [0, 0.1) is 13.8 Å². The summed E-state index contributed by atoms with van der Waals surface area (Å²) in [5, 5.41) is 0. The lowest BCUT2D eigenvalue weighted by Crippen LogP contribution is -2.13. The predicted octanol–water partition coefficient (Wildman–Crippen LogP) is 3.77. The molecule has 0 aromatic heterocycles. The van der Waals surface area contributed by atoms with Gasteiger partial charge in [0.2, 0.25) is 0 Å². The molecule has 2 heteroatoms. The second kappa shape index (κ2) is 6.39. The number of hydrogen-bond acceptors (Lipinski definition) is 2. The summed E-state index contributed by atoms with van der Waals surface area (Å²) in [6.45, 7) is 4.82. The van der Waals surface area contributed by atoms with Gasteiger partial charge in [0, 0.05) is 6.42 Å². The third-order valence-corrected chi connectivity index (χ3v) is 3.36. The molecule has 0 saturated heterocycles. The van der Waals surface area contributed by atoms with E-state index in [1.54, 1.807) is 0 Å². The van der Waals surface area contributed by atoms with E-state index < -0.39 is 0 Å². The van der Waals surface area contributed by atoms with Crippen molar-refractivity contribution in [1.82, 2.24) is 0 Å². The summed E-state index contributed by atoms with van der Waals surface area (Å²) in [6, 6.07) is 16.4. The zero-order valence-corrected chi connectivity index (χ0v) is 11.6. The number of nitrogens with two attached hydrogens (primary N) is 1. The quantitative estimate of drug-likeness (QED) is 0.882. The number of benzene rings is 2. The van der Waals surface area contributed by atoms with Crippen LogP contribution in [0.5, 0.6) is 5.75 Å². The molecule has 1 atom stereocenters. The Kier molecular flexibility index (Phi) is 4.58. The lowest BCUT2D eigenvalue weighted by molar-refractivity contribution is 0.197. The van der Waals surface area contributed by atoms with Crippen molar-refractivity contribution in [1.29, 1.82) is 0 Å². The Bertz CT molecular complexity index is 522. The van der Waals surface area contributed by atoms with Crippen molar-refractivity contribution in [2.75, 3.05) is 6.54 Å². The van der Waals surface area contributed by atoms with E-state index in [2.05, 4.69) is 38.1 Å². The van der Waals surface area contributed by atoms with Crippen LogP contribution in [-0.2, 0) is 0 Å². The number of rotatable bonds is 5. The fourth-order valence-corrected chi connectivity index (χ4v) is 2.06. The highest BCUT2D eigenvalue weighted by Crippen LogP contribution is 2.25. The van der Waals surface area contributed by atoms with Gasteiger partial charge in [-0.3, -0.25) is 0 Å². The molecular weight excluding hydrogens is 234 g/mol. The third-order valence-electron chi connectivity index (χ3n) is 3.36. The fourth-order valence-electron chi connectivity index (χ4n) is 2.06. The molecule has 0 aliphatic carbocycles. The first-order valence-corrected chi connectivity index (χ1v) is 6.69. The smallest absolute Gasteiger partial charge is 0.125 e. The molecule has 0 fully saturated rings. The summed E-state index contributed by atoms with van der Waals surface area (Å²) in [7, 11) is 0. The third kappa shape index (κ3) is 3.58. The molecule has 0 saturated carbocycles. The molecule has 2 rings (SSSR count). The van der Waals surface area contributed by atoms with Crippen molar-refractivity contribution >= 4 is 0 Å². The molecule has 1 unspecified atom stereocenters. The molecule has 0 amide bonds. The van der Waals surface area contributed by atoms with Gasteiger partial charge < -0.3 is 10.5 Å². The summed E-state index contributed by atoms with van der Waals surface area (Å²) >= 11 is 0. The fraction of sp³-hybridized carbons (Fsp3) is 0.294. The average Bonchev–Trinajstić information content (AvgIpc) is 2.43. The van der Waals surface area contributed by atoms with E-state index in [1.165, 1.54) is 16.7 Å². The number of ether oxygens (including phenoxy) is 1. The number of hydrogen-bond donors (Lipinski definition) is 1. The normalized spacial score (nSPS) is 12.2. The van der Waals surface area contributed by atoms with E-state index in [1.807, 2.05) is 24.3 Å². The van der Waals surface area contributed by atoms with E-state index in [9.17, 15) is 0 Å². The Balaban J connectivity index is 2.19. The summed E-state index contributed by atoms with van der Waals surface area (Å²) in [5.74, 6) is 0.908. The van der Waals surface area contributed by atoms with Crippen LogP contribution >= 0.6 is 0 Å². The van der Waals surface area contributed by atoms with Gasteiger partial charge in [-0.05, 0) is 49.2 Å². The van der Waals surface area contributed by atoms with Gasteiger partial charge in [0.1, 0.15) is 11.9 Å². The molecule has 2 aromatic carbocycles. The van der Waals surface area contributed by atoms with Crippen LogP contribution in [0.25, 0.3) is 0 Å². The monoisotopic (exact) mass is 255 g/mol. The summed E-state index contributed by atoms with van der Waals surface area (Å²) < 4.78 is 6.10. The Hall–Kier alpha value is -1.80. The first kappa shape index (κ1) is 13.6. The summed E-state index contributed by atoms with van der Waals surface area (Å²) in [4.78, 5) is 0. The minimum Gasteiger partial charge on any atom is -0.486 e. The van der Waals surface area contributed by atoms with Crippen LogP contribution in [0.3, 0.4) is 0 Å². The first-order valence-electron chi connectivity index (χ1n) is 6.69.